The third kappa shape index (κ3) is 2.24. The first-order valence-corrected chi connectivity index (χ1v) is 6.41. The van der Waals surface area contributed by atoms with Gasteiger partial charge in [0.2, 0.25) is 0 Å². The van der Waals surface area contributed by atoms with Crippen LogP contribution in [0.25, 0.3) is 0 Å². The van der Waals surface area contributed by atoms with Crippen molar-refractivity contribution in [2.75, 3.05) is 11.4 Å². The van der Waals surface area contributed by atoms with Gasteiger partial charge < -0.3 is 10.0 Å². The second-order valence-corrected chi connectivity index (χ2v) is 5.66. The van der Waals surface area contributed by atoms with Crippen molar-refractivity contribution in [2.45, 2.75) is 38.3 Å². The molecule has 1 atom stereocenters. The molecular weight excluding hydrogens is 254 g/mol. The van der Waals surface area contributed by atoms with Crippen LogP contribution in [0.3, 0.4) is 0 Å². The second kappa shape index (κ2) is 4.55. The minimum atomic E-state index is -0.832. The highest BCUT2D eigenvalue weighted by Crippen LogP contribution is 2.33. The van der Waals surface area contributed by atoms with Gasteiger partial charge in [-0.1, -0.05) is 11.6 Å². The predicted molar refractivity (Wildman–Crippen MR) is 71.2 cm³/mol. The minimum Gasteiger partial charge on any atom is -0.388 e. The molecule has 100 valence electrons. The highest BCUT2D eigenvalue weighted by atomic mass is 35.5. The molecule has 2 rings (SSSR count). The number of aliphatic hydroxyl groups is 1. The highest BCUT2D eigenvalue weighted by Gasteiger charge is 2.37. The van der Waals surface area contributed by atoms with Crippen molar-refractivity contribution < 1.29 is 5.11 Å². The lowest BCUT2D eigenvalue weighted by Gasteiger charge is -2.35. The summed E-state index contributed by atoms with van der Waals surface area (Å²) in [6.07, 6.45) is 3.45. The maximum Gasteiger partial charge on any atom is 0.287 e. The van der Waals surface area contributed by atoms with Gasteiger partial charge in [0.15, 0.2) is 0 Å². The van der Waals surface area contributed by atoms with Crippen molar-refractivity contribution in [1.29, 1.82) is 0 Å². The number of halogens is 1. The van der Waals surface area contributed by atoms with Crippen LogP contribution in [-0.2, 0) is 7.05 Å². The number of aromatic nitrogens is 2. The zero-order chi connectivity index (χ0) is 13.5. The van der Waals surface area contributed by atoms with Gasteiger partial charge in [0.25, 0.3) is 5.56 Å². The molecule has 18 heavy (non-hydrogen) atoms. The van der Waals surface area contributed by atoms with Gasteiger partial charge in [-0.15, -0.1) is 0 Å². The molecule has 0 saturated carbocycles. The molecule has 1 aliphatic rings. The quantitative estimate of drug-likeness (QED) is 0.877. The number of nitrogens with zero attached hydrogens (tertiary/aromatic N) is 3. The Morgan fingerprint density at radius 2 is 2.22 bits per heavy atom. The van der Waals surface area contributed by atoms with E-state index in [9.17, 15) is 9.90 Å². The monoisotopic (exact) mass is 271 g/mol. The van der Waals surface area contributed by atoms with Crippen molar-refractivity contribution >= 4 is 17.3 Å². The summed E-state index contributed by atoms with van der Waals surface area (Å²) in [7, 11) is 1.56. The number of anilines is 1. The van der Waals surface area contributed by atoms with E-state index in [0.717, 1.165) is 19.4 Å². The molecule has 0 bridgehead atoms. The fourth-order valence-electron chi connectivity index (χ4n) is 2.49. The molecule has 0 aliphatic carbocycles. The Balaban J connectivity index is 2.43. The number of hydrogen-bond donors (Lipinski definition) is 1. The average molecular weight is 272 g/mol. The second-order valence-electron chi connectivity index (χ2n) is 5.28. The van der Waals surface area contributed by atoms with Crippen LogP contribution in [0.4, 0.5) is 5.69 Å². The maximum atomic E-state index is 11.8. The molecule has 0 amide bonds. The predicted octanol–water partition coefficient (Wildman–Crippen LogP) is 1.17. The normalized spacial score (nSPS) is 20.5. The van der Waals surface area contributed by atoms with Gasteiger partial charge >= 0.3 is 0 Å². The topological polar surface area (TPSA) is 58.4 Å². The molecule has 1 aromatic heterocycles. The first-order chi connectivity index (χ1) is 8.32. The summed E-state index contributed by atoms with van der Waals surface area (Å²) in [5, 5.41) is 14.3. The van der Waals surface area contributed by atoms with Crippen LogP contribution >= 0.6 is 11.6 Å². The van der Waals surface area contributed by atoms with Crippen molar-refractivity contribution in [2.24, 2.45) is 7.05 Å². The zero-order valence-electron chi connectivity index (χ0n) is 10.9. The molecule has 1 saturated heterocycles. The summed E-state index contributed by atoms with van der Waals surface area (Å²) in [6.45, 7) is 4.33. The van der Waals surface area contributed by atoms with E-state index < -0.39 is 5.60 Å². The molecule has 0 aromatic carbocycles. The largest absolute Gasteiger partial charge is 0.388 e. The molecule has 0 radical (unpaired) electrons. The zero-order valence-corrected chi connectivity index (χ0v) is 11.6. The van der Waals surface area contributed by atoms with Crippen molar-refractivity contribution in [1.82, 2.24) is 9.78 Å². The van der Waals surface area contributed by atoms with Gasteiger partial charge in [-0.25, -0.2) is 4.68 Å². The number of aryl methyl sites for hydroxylation is 1. The lowest BCUT2D eigenvalue weighted by molar-refractivity contribution is 0.0534. The summed E-state index contributed by atoms with van der Waals surface area (Å²) in [5.41, 5.74) is -0.527. The Labute approximate surface area is 111 Å². The summed E-state index contributed by atoms with van der Waals surface area (Å²) in [5.74, 6) is 0. The molecular formula is C12H18ClN3O2. The van der Waals surface area contributed by atoms with Gasteiger partial charge in [0.05, 0.1) is 23.5 Å². The fraction of sp³-hybridized carbons (Fsp3) is 0.667. The average Bonchev–Trinajstić information content (AvgIpc) is 2.74. The van der Waals surface area contributed by atoms with Crippen LogP contribution < -0.4 is 10.5 Å². The van der Waals surface area contributed by atoms with E-state index in [1.54, 1.807) is 27.1 Å². The van der Waals surface area contributed by atoms with Gasteiger partial charge in [-0.3, -0.25) is 4.79 Å². The lowest BCUT2D eigenvalue weighted by Crippen LogP contribution is -2.46. The first kappa shape index (κ1) is 13.4. The summed E-state index contributed by atoms with van der Waals surface area (Å²) >= 11 is 6.10. The summed E-state index contributed by atoms with van der Waals surface area (Å²) in [6, 6.07) is -0.0380. The third-order valence-electron chi connectivity index (χ3n) is 3.44. The Hall–Kier alpha value is -1.07. The number of rotatable bonds is 2. The molecule has 0 unspecified atom stereocenters. The Kier molecular flexibility index (Phi) is 3.38. The van der Waals surface area contributed by atoms with Gasteiger partial charge in [-0.05, 0) is 26.7 Å². The van der Waals surface area contributed by atoms with Gasteiger partial charge in [0.1, 0.15) is 5.02 Å². The van der Waals surface area contributed by atoms with E-state index in [4.69, 9.17) is 11.6 Å². The van der Waals surface area contributed by atoms with Gasteiger partial charge in [0, 0.05) is 13.6 Å². The van der Waals surface area contributed by atoms with E-state index in [-0.39, 0.29) is 16.6 Å². The summed E-state index contributed by atoms with van der Waals surface area (Å²) < 4.78 is 1.21. The van der Waals surface area contributed by atoms with Crippen molar-refractivity contribution in [3.8, 4) is 0 Å². The molecule has 1 aromatic rings. The van der Waals surface area contributed by atoms with Crippen LogP contribution in [0.1, 0.15) is 26.7 Å². The molecule has 0 spiro atoms. The van der Waals surface area contributed by atoms with Crippen molar-refractivity contribution in [3.63, 3.8) is 0 Å². The molecule has 6 heteroatoms. The van der Waals surface area contributed by atoms with Gasteiger partial charge in [-0.2, -0.15) is 5.10 Å². The number of hydrogen-bond acceptors (Lipinski definition) is 4. The van der Waals surface area contributed by atoms with Crippen LogP contribution in [0.2, 0.25) is 5.02 Å². The minimum absolute atomic E-state index is 0.0380. The Morgan fingerprint density at radius 1 is 1.56 bits per heavy atom. The third-order valence-corrected chi connectivity index (χ3v) is 3.79. The molecule has 1 N–H and O–H groups in total. The van der Waals surface area contributed by atoms with E-state index >= 15 is 0 Å². The fourth-order valence-corrected chi connectivity index (χ4v) is 2.77. The Morgan fingerprint density at radius 3 is 2.83 bits per heavy atom. The smallest absolute Gasteiger partial charge is 0.287 e. The highest BCUT2D eigenvalue weighted by molar-refractivity contribution is 6.33. The van der Waals surface area contributed by atoms with E-state index in [2.05, 4.69) is 5.10 Å². The molecule has 5 nitrogen and oxygen atoms in total. The first-order valence-electron chi connectivity index (χ1n) is 6.03. The molecule has 1 aliphatic heterocycles. The molecule has 1 fully saturated rings. The van der Waals surface area contributed by atoms with Crippen LogP contribution in [0, 0.1) is 0 Å². The van der Waals surface area contributed by atoms with E-state index in [1.165, 1.54) is 4.68 Å². The SMILES string of the molecule is Cn1ncc(N2CCC[C@H]2C(C)(C)O)c(Cl)c1=O. The van der Waals surface area contributed by atoms with E-state index in [1.807, 2.05) is 4.90 Å². The maximum absolute atomic E-state index is 11.8. The van der Waals surface area contributed by atoms with Crippen molar-refractivity contribution in [3.05, 3.63) is 21.6 Å². The lowest BCUT2D eigenvalue weighted by atomic mass is 9.96. The van der Waals surface area contributed by atoms with Crippen LogP contribution in [-0.4, -0.2) is 33.1 Å². The molecule has 2 heterocycles. The van der Waals surface area contributed by atoms with Crippen LogP contribution in [0.15, 0.2) is 11.0 Å². The van der Waals surface area contributed by atoms with E-state index in [0.29, 0.717) is 5.69 Å². The Bertz CT molecular complexity index is 507. The standard InChI is InChI=1S/C12H18ClN3O2/c1-12(2,18)9-5-4-6-16(9)8-7-14-15(3)11(17)10(8)13/h7,9,18H,4-6H2,1-3H3/t9-/m0/s1. The van der Waals surface area contributed by atoms with Crippen LogP contribution in [0.5, 0.6) is 0 Å². The summed E-state index contributed by atoms with van der Waals surface area (Å²) in [4.78, 5) is 13.8.